The third-order valence-corrected chi connectivity index (χ3v) is 3.06. The number of hydrogen-bond donors (Lipinski definition) is 2. The van der Waals surface area contributed by atoms with Crippen molar-refractivity contribution >= 4 is 0 Å². The molecule has 1 aromatic heterocycles. The van der Waals surface area contributed by atoms with E-state index in [1.807, 2.05) is 37.6 Å². The molecule has 0 amide bonds. The van der Waals surface area contributed by atoms with Crippen molar-refractivity contribution in [1.82, 2.24) is 14.9 Å². The van der Waals surface area contributed by atoms with Crippen molar-refractivity contribution in [2.75, 3.05) is 13.2 Å². The van der Waals surface area contributed by atoms with Crippen molar-refractivity contribution in [3.63, 3.8) is 0 Å². The first-order valence-corrected chi connectivity index (χ1v) is 6.70. The van der Waals surface area contributed by atoms with Crippen LogP contribution in [0.15, 0.2) is 42.9 Å². The van der Waals surface area contributed by atoms with Crippen molar-refractivity contribution < 1.29 is 5.11 Å². The van der Waals surface area contributed by atoms with E-state index in [1.165, 1.54) is 5.56 Å². The summed E-state index contributed by atoms with van der Waals surface area (Å²) in [4.78, 5) is 4.39. The smallest absolute Gasteiger partial charge is 0.0952 e. The molecule has 4 heteroatoms. The molecular formula is C15H21N3O. The van der Waals surface area contributed by atoms with Crippen LogP contribution in [0.4, 0.5) is 0 Å². The predicted molar refractivity (Wildman–Crippen MR) is 76.0 cm³/mol. The molecule has 102 valence electrons. The van der Waals surface area contributed by atoms with E-state index in [9.17, 15) is 5.11 Å². The van der Waals surface area contributed by atoms with Gasteiger partial charge in [0.2, 0.25) is 0 Å². The number of rotatable bonds is 7. The molecule has 2 rings (SSSR count). The fraction of sp³-hybridized carbons (Fsp3) is 0.400. The Balaban J connectivity index is 1.95. The lowest BCUT2D eigenvalue weighted by Gasteiger charge is -2.12. The van der Waals surface area contributed by atoms with E-state index in [1.54, 1.807) is 0 Å². The maximum atomic E-state index is 9.26. The summed E-state index contributed by atoms with van der Waals surface area (Å²) in [6.45, 7) is 3.87. The molecule has 0 radical (unpaired) electrons. The molecule has 4 nitrogen and oxygen atoms in total. The summed E-state index contributed by atoms with van der Waals surface area (Å²) in [6, 6.07) is 10.4. The van der Waals surface area contributed by atoms with Gasteiger partial charge in [-0.15, -0.1) is 0 Å². The summed E-state index contributed by atoms with van der Waals surface area (Å²) in [5, 5.41) is 12.5. The second-order valence-corrected chi connectivity index (χ2v) is 4.66. The zero-order chi connectivity index (χ0) is 13.5. The minimum absolute atomic E-state index is 0.0880. The Morgan fingerprint density at radius 2 is 2.11 bits per heavy atom. The van der Waals surface area contributed by atoms with Crippen LogP contribution in [0, 0.1) is 0 Å². The molecule has 0 aliphatic heterocycles. The maximum absolute atomic E-state index is 9.26. The molecule has 1 atom stereocenters. The molecule has 0 fully saturated rings. The van der Waals surface area contributed by atoms with Crippen molar-refractivity contribution in [1.29, 1.82) is 0 Å². The number of aliphatic hydroxyl groups is 1. The van der Waals surface area contributed by atoms with Crippen LogP contribution in [0.5, 0.6) is 0 Å². The summed E-state index contributed by atoms with van der Waals surface area (Å²) in [5.74, 6) is 0. The summed E-state index contributed by atoms with van der Waals surface area (Å²) in [6.07, 6.45) is 4.65. The van der Waals surface area contributed by atoms with Gasteiger partial charge < -0.3 is 15.0 Å². The minimum Gasteiger partial charge on any atom is -0.395 e. The van der Waals surface area contributed by atoms with E-state index in [-0.39, 0.29) is 12.6 Å². The Morgan fingerprint density at radius 1 is 1.32 bits per heavy atom. The number of nitrogens with one attached hydrogen (secondary N) is 1. The number of likely N-dealkylation sites (N-methyl/N-ethyl adjacent to an activating group) is 1. The zero-order valence-corrected chi connectivity index (χ0v) is 11.3. The van der Waals surface area contributed by atoms with Crippen LogP contribution >= 0.6 is 0 Å². The van der Waals surface area contributed by atoms with Gasteiger partial charge in [-0.25, -0.2) is 4.98 Å². The highest BCUT2D eigenvalue weighted by Gasteiger charge is 2.09. The Labute approximate surface area is 114 Å². The average Bonchev–Trinajstić information content (AvgIpc) is 2.86. The van der Waals surface area contributed by atoms with E-state index >= 15 is 0 Å². The highest BCUT2D eigenvalue weighted by Crippen LogP contribution is 2.05. The van der Waals surface area contributed by atoms with Crippen LogP contribution in [0.2, 0.25) is 0 Å². The molecule has 1 aromatic carbocycles. The van der Waals surface area contributed by atoms with Crippen LogP contribution < -0.4 is 5.32 Å². The van der Waals surface area contributed by atoms with Gasteiger partial charge in [-0.1, -0.05) is 37.3 Å². The van der Waals surface area contributed by atoms with Crippen LogP contribution in [0.25, 0.3) is 0 Å². The summed E-state index contributed by atoms with van der Waals surface area (Å²) < 4.78 is 2.07. The van der Waals surface area contributed by atoms with Gasteiger partial charge in [-0.3, -0.25) is 0 Å². The number of aliphatic hydroxyl groups excluding tert-OH is 1. The van der Waals surface area contributed by atoms with E-state index in [0.29, 0.717) is 0 Å². The van der Waals surface area contributed by atoms with Crippen LogP contribution in [-0.4, -0.2) is 33.9 Å². The van der Waals surface area contributed by atoms with Gasteiger partial charge in [0.05, 0.1) is 18.6 Å². The lowest BCUT2D eigenvalue weighted by molar-refractivity contribution is 0.243. The van der Waals surface area contributed by atoms with Gasteiger partial charge in [-0.05, 0) is 12.1 Å². The van der Waals surface area contributed by atoms with Crippen molar-refractivity contribution in [3.05, 3.63) is 54.1 Å². The largest absolute Gasteiger partial charge is 0.395 e. The highest BCUT2D eigenvalue weighted by molar-refractivity contribution is 5.15. The number of aromatic nitrogens is 2. The monoisotopic (exact) mass is 259 g/mol. The second-order valence-electron chi connectivity index (χ2n) is 4.66. The van der Waals surface area contributed by atoms with Crippen LogP contribution in [0.3, 0.4) is 0 Å². The molecule has 0 saturated heterocycles. The Bertz CT molecular complexity index is 481. The fourth-order valence-electron chi connectivity index (χ4n) is 2.13. The van der Waals surface area contributed by atoms with E-state index in [2.05, 4.69) is 27.0 Å². The lowest BCUT2D eigenvalue weighted by atomic mass is 10.2. The molecule has 0 spiro atoms. The van der Waals surface area contributed by atoms with Gasteiger partial charge in [0, 0.05) is 25.2 Å². The fourth-order valence-corrected chi connectivity index (χ4v) is 2.13. The highest BCUT2D eigenvalue weighted by atomic mass is 16.3. The summed E-state index contributed by atoms with van der Waals surface area (Å²) >= 11 is 0. The standard InChI is InChI=1S/C15H21N3O/c1-2-16-15(11-19)8-14-10-18(12-17-14)9-13-6-4-3-5-7-13/h3-7,10,12,15-16,19H,2,8-9,11H2,1H3. The molecule has 0 bridgehead atoms. The first-order valence-electron chi connectivity index (χ1n) is 6.70. The number of nitrogens with zero attached hydrogens (tertiary/aromatic N) is 2. The second kappa shape index (κ2) is 7.07. The van der Waals surface area contributed by atoms with Gasteiger partial charge in [0.25, 0.3) is 0 Å². The third-order valence-electron chi connectivity index (χ3n) is 3.06. The molecule has 0 aliphatic rings. The van der Waals surface area contributed by atoms with Gasteiger partial charge in [-0.2, -0.15) is 0 Å². The van der Waals surface area contributed by atoms with Gasteiger partial charge in [0.15, 0.2) is 0 Å². The van der Waals surface area contributed by atoms with E-state index in [0.717, 1.165) is 25.2 Å². The Hall–Kier alpha value is -1.65. The zero-order valence-electron chi connectivity index (χ0n) is 11.3. The molecule has 2 N–H and O–H groups in total. The number of benzene rings is 1. The molecule has 2 aromatic rings. The first-order chi connectivity index (χ1) is 9.31. The maximum Gasteiger partial charge on any atom is 0.0952 e. The van der Waals surface area contributed by atoms with Crippen LogP contribution in [0.1, 0.15) is 18.2 Å². The molecule has 1 unspecified atom stereocenters. The Kier molecular flexibility index (Phi) is 5.12. The summed E-state index contributed by atoms with van der Waals surface area (Å²) in [7, 11) is 0. The third kappa shape index (κ3) is 4.19. The first kappa shape index (κ1) is 13.8. The predicted octanol–water partition coefficient (Wildman–Crippen LogP) is 1.44. The molecule has 1 heterocycles. The van der Waals surface area contributed by atoms with Crippen molar-refractivity contribution in [2.45, 2.75) is 25.9 Å². The van der Waals surface area contributed by atoms with Crippen molar-refractivity contribution in [3.8, 4) is 0 Å². The normalized spacial score (nSPS) is 12.5. The van der Waals surface area contributed by atoms with Crippen LogP contribution in [-0.2, 0) is 13.0 Å². The van der Waals surface area contributed by atoms with Gasteiger partial charge in [0.1, 0.15) is 0 Å². The molecule has 0 aliphatic carbocycles. The van der Waals surface area contributed by atoms with Gasteiger partial charge >= 0.3 is 0 Å². The number of imidazole rings is 1. The topological polar surface area (TPSA) is 50.1 Å². The number of hydrogen-bond acceptors (Lipinski definition) is 3. The molecular weight excluding hydrogens is 238 g/mol. The quantitative estimate of drug-likeness (QED) is 0.791. The molecule has 0 saturated carbocycles. The van der Waals surface area contributed by atoms with Crippen molar-refractivity contribution in [2.24, 2.45) is 0 Å². The average molecular weight is 259 g/mol. The SMILES string of the molecule is CCNC(CO)Cc1cn(Cc2ccccc2)cn1. The lowest BCUT2D eigenvalue weighted by Crippen LogP contribution is -2.34. The molecule has 19 heavy (non-hydrogen) atoms. The minimum atomic E-state index is 0.0880. The Morgan fingerprint density at radius 3 is 2.79 bits per heavy atom. The van der Waals surface area contributed by atoms with E-state index in [4.69, 9.17) is 0 Å². The van der Waals surface area contributed by atoms with E-state index < -0.39 is 0 Å². The summed E-state index contributed by atoms with van der Waals surface area (Å²) in [5.41, 5.74) is 2.27.